The number of nitrogens with one attached hydrogen (secondary N) is 1. The molecule has 0 bridgehead atoms. The van der Waals surface area contributed by atoms with Crippen LogP contribution in [0.4, 0.5) is 4.39 Å². The number of ether oxygens (including phenoxy) is 3. The van der Waals surface area contributed by atoms with Gasteiger partial charge in [-0.3, -0.25) is 4.79 Å². The zero-order chi connectivity index (χ0) is 19.2. The number of carbonyl (C=O) groups is 2. The molecule has 2 aromatic rings. The lowest BCUT2D eigenvalue weighted by molar-refractivity contribution is -0.150. The largest absolute Gasteiger partial charge is 0.454 e. The van der Waals surface area contributed by atoms with E-state index in [1.54, 1.807) is 12.1 Å². The summed E-state index contributed by atoms with van der Waals surface area (Å²) in [5, 5.41) is 2.70. The van der Waals surface area contributed by atoms with E-state index in [4.69, 9.17) is 14.2 Å². The van der Waals surface area contributed by atoms with Crippen LogP contribution in [-0.4, -0.2) is 24.8 Å². The van der Waals surface area contributed by atoms with Crippen LogP contribution in [0.5, 0.6) is 11.5 Å². The van der Waals surface area contributed by atoms with Crippen molar-refractivity contribution in [2.75, 3.05) is 6.79 Å². The molecule has 140 valence electrons. The zero-order valence-electron chi connectivity index (χ0n) is 14.6. The molecule has 7 heteroatoms. The quantitative estimate of drug-likeness (QED) is 0.624. The number of hydrogen-bond acceptors (Lipinski definition) is 5. The van der Waals surface area contributed by atoms with Gasteiger partial charge in [0.25, 0.3) is 5.91 Å². The first-order chi connectivity index (χ1) is 13.0. The van der Waals surface area contributed by atoms with Crippen LogP contribution in [0.1, 0.15) is 18.1 Å². The summed E-state index contributed by atoms with van der Waals surface area (Å²) in [6, 6.07) is 11.0. The van der Waals surface area contributed by atoms with Crippen LogP contribution in [0.25, 0.3) is 6.08 Å². The zero-order valence-corrected chi connectivity index (χ0v) is 14.6. The molecule has 1 aliphatic heterocycles. The third-order valence-electron chi connectivity index (χ3n) is 3.85. The Bertz CT molecular complexity index is 863. The number of amides is 1. The fourth-order valence-corrected chi connectivity index (χ4v) is 2.39. The third-order valence-corrected chi connectivity index (χ3v) is 3.85. The molecular weight excluding hydrogens is 353 g/mol. The molecule has 1 aliphatic rings. The number of carbonyl (C=O) groups excluding carboxylic acids is 2. The van der Waals surface area contributed by atoms with E-state index >= 15 is 0 Å². The van der Waals surface area contributed by atoms with Crippen LogP contribution in [0.2, 0.25) is 0 Å². The van der Waals surface area contributed by atoms with E-state index in [2.05, 4.69) is 5.32 Å². The Kier molecular flexibility index (Phi) is 5.71. The van der Waals surface area contributed by atoms with Gasteiger partial charge in [0.05, 0.1) is 0 Å². The highest BCUT2D eigenvalue weighted by atomic mass is 19.1. The van der Waals surface area contributed by atoms with E-state index in [9.17, 15) is 14.0 Å². The van der Waals surface area contributed by atoms with Crippen molar-refractivity contribution in [2.24, 2.45) is 0 Å². The van der Waals surface area contributed by atoms with Gasteiger partial charge in [0, 0.05) is 12.6 Å². The lowest BCUT2D eigenvalue weighted by Gasteiger charge is -2.12. The van der Waals surface area contributed by atoms with Gasteiger partial charge in [0.15, 0.2) is 17.6 Å². The normalized spacial score (nSPS) is 13.4. The molecule has 0 radical (unpaired) electrons. The summed E-state index contributed by atoms with van der Waals surface area (Å²) in [6.07, 6.45) is 1.72. The van der Waals surface area contributed by atoms with Gasteiger partial charge in [-0.25, -0.2) is 9.18 Å². The Labute approximate surface area is 155 Å². The fourth-order valence-electron chi connectivity index (χ4n) is 2.39. The van der Waals surface area contributed by atoms with E-state index in [1.165, 1.54) is 43.3 Å². The second-order valence-electron chi connectivity index (χ2n) is 5.87. The van der Waals surface area contributed by atoms with Crippen LogP contribution in [0.15, 0.2) is 48.5 Å². The van der Waals surface area contributed by atoms with Gasteiger partial charge in [0.2, 0.25) is 6.79 Å². The number of fused-ring (bicyclic) bond motifs is 1. The Morgan fingerprint density at radius 1 is 1.19 bits per heavy atom. The van der Waals surface area contributed by atoms with Crippen LogP contribution in [0, 0.1) is 5.82 Å². The van der Waals surface area contributed by atoms with Crippen molar-refractivity contribution >= 4 is 18.0 Å². The molecule has 0 aliphatic carbocycles. The number of rotatable bonds is 6. The molecule has 0 aromatic heterocycles. The number of halogens is 1. The van der Waals surface area contributed by atoms with Crippen molar-refractivity contribution in [3.63, 3.8) is 0 Å². The topological polar surface area (TPSA) is 73.9 Å². The van der Waals surface area contributed by atoms with Crippen molar-refractivity contribution in [2.45, 2.75) is 19.6 Å². The van der Waals surface area contributed by atoms with Crippen LogP contribution >= 0.6 is 0 Å². The van der Waals surface area contributed by atoms with Gasteiger partial charge in [-0.05, 0) is 48.4 Å². The summed E-state index contributed by atoms with van der Waals surface area (Å²) in [7, 11) is 0. The third kappa shape index (κ3) is 5.07. The second-order valence-corrected chi connectivity index (χ2v) is 5.87. The minimum atomic E-state index is -0.954. The highest BCUT2D eigenvalue weighted by molar-refractivity contribution is 5.90. The molecule has 2 aromatic carbocycles. The average Bonchev–Trinajstić information content (AvgIpc) is 3.13. The van der Waals surface area contributed by atoms with Crippen LogP contribution in [-0.2, 0) is 20.9 Å². The molecule has 3 rings (SSSR count). The van der Waals surface area contributed by atoms with Gasteiger partial charge >= 0.3 is 5.97 Å². The summed E-state index contributed by atoms with van der Waals surface area (Å²) >= 11 is 0. The lowest BCUT2D eigenvalue weighted by atomic mass is 10.2. The summed E-state index contributed by atoms with van der Waals surface area (Å²) < 4.78 is 28.4. The van der Waals surface area contributed by atoms with E-state index in [0.717, 1.165) is 5.56 Å². The molecule has 0 spiro atoms. The first-order valence-electron chi connectivity index (χ1n) is 8.32. The fraction of sp³-hybridized carbons (Fsp3) is 0.200. The standard InChI is InChI=1S/C20H18FNO5/c1-13(27-19(23)9-5-14-2-6-16(21)7-3-14)20(24)22-11-15-4-8-17-18(10-15)26-12-25-17/h2-10,13H,11-12H2,1H3,(H,22,24)/b9-5+/t13-/m0/s1. The Hall–Kier alpha value is -3.35. The maximum absolute atomic E-state index is 12.8. The van der Waals surface area contributed by atoms with Crippen molar-refractivity contribution in [1.29, 1.82) is 0 Å². The SMILES string of the molecule is C[C@H](OC(=O)/C=C/c1ccc(F)cc1)C(=O)NCc1ccc2c(c1)OCO2. The van der Waals surface area contributed by atoms with E-state index < -0.39 is 18.0 Å². The first-order valence-corrected chi connectivity index (χ1v) is 8.32. The van der Waals surface area contributed by atoms with Gasteiger partial charge in [0.1, 0.15) is 5.82 Å². The number of hydrogen-bond donors (Lipinski definition) is 1. The summed E-state index contributed by atoms with van der Waals surface area (Å²) in [5.41, 5.74) is 1.48. The Morgan fingerprint density at radius 2 is 1.93 bits per heavy atom. The highest BCUT2D eigenvalue weighted by Crippen LogP contribution is 2.32. The maximum atomic E-state index is 12.8. The summed E-state index contributed by atoms with van der Waals surface area (Å²) in [6.45, 7) is 1.94. The molecule has 0 unspecified atom stereocenters. The molecule has 0 saturated heterocycles. The molecule has 6 nitrogen and oxygen atoms in total. The second kappa shape index (κ2) is 8.35. The van der Waals surface area contributed by atoms with Crippen molar-refractivity contribution in [3.8, 4) is 11.5 Å². The number of benzene rings is 2. The van der Waals surface area contributed by atoms with Crippen molar-refractivity contribution < 1.29 is 28.2 Å². The number of esters is 1. The van der Waals surface area contributed by atoms with Crippen molar-refractivity contribution in [1.82, 2.24) is 5.32 Å². The summed E-state index contributed by atoms with van der Waals surface area (Å²) in [4.78, 5) is 23.9. The van der Waals surface area contributed by atoms with Crippen molar-refractivity contribution in [3.05, 3.63) is 65.5 Å². The molecular formula is C20H18FNO5. The Morgan fingerprint density at radius 3 is 2.70 bits per heavy atom. The monoisotopic (exact) mass is 371 g/mol. The summed E-state index contributed by atoms with van der Waals surface area (Å²) in [5.74, 6) is -0.142. The molecule has 0 fully saturated rings. The molecule has 1 heterocycles. The molecule has 1 amide bonds. The minimum absolute atomic E-state index is 0.184. The van der Waals surface area contributed by atoms with E-state index in [-0.39, 0.29) is 19.2 Å². The lowest BCUT2D eigenvalue weighted by Crippen LogP contribution is -2.35. The maximum Gasteiger partial charge on any atom is 0.331 e. The Balaban J connectivity index is 1.47. The molecule has 0 saturated carbocycles. The van der Waals surface area contributed by atoms with Gasteiger partial charge < -0.3 is 19.5 Å². The minimum Gasteiger partial charge on any atom is -0.454 e. The van der Waals surface area contributed by atoms with Crippen LogP contribution in [0.3, 0.4) is 0 Å². The first kappa shape index (κ1) is 18.4. The van der Waals surface area contributed by atoms with Gasteiger partial charge in [-0.1, -0.05) is 18.2 Å². The predicted molar refractivity (Wildman–Crippen MR) is 95.4 cm³/mol. The van der Waals surface area contributed by atoms with Gasteiger partial charge in [-0.15, -0.1) is 0 Å². The molecule has 1 atom stereocenters. The molecule has 27 heavy (non-hydrogen) atoms. The smallest absolute Gasteiger partial charge is 0.331 e. The van der Waals surface area contributed by atoms with E-state index in [1.807, 2.05) is 6.07 Å². The average molecular weight is 371 g/mol. The predicted octanol–water partition coefficient (Wildman–Crippen LogP) is 2.82. The van der Waals surface area contributed by atoms with Gasteiger partial charge in [-0.2, -0.15) is 0 Å². The van der Waals surface area contributed by atoms with E-state index in [0.29, 0.717) is 17.1 Å². The molecule has 1 N–H and O–H groups in total. The highest BCUT2D eigenvalue weighted by Gasteiger charge is 2.17. The van der Waals surface area contributed by atoms with Crippen LogP contribution < -0.4 is 14.8 Å².